The largest absolute Gasteiger partial charge is 0.454 e. The van der Waals surface area contributed by atoms with Crippen LogP contribution in [0.4, 0.5) is 0 Å². The minimum absolute atomic E-state index is 0.296. The third kappa shape index (κ3) is 1.55. The predicted octanol–water partition coefficient (Wildman–Crippen LogP) is 3.13. The number of hydrogen-bond donors (Lipinski definition) is 0. The molecule has 0 radical (unpaired) electrons. The fraction of sp³-hybridized carbons (Fsp3) is 0.214. The zero-order chi connectivity index (χ0) is 11.8. The van der Waals surface area contributed by atoms with Crippen LogP contribution in [0.3, 0.4) is 0 Å². The quantitative estimate of drug-likeness (QED) is 0.703. The summed E-state index contributed by atoms with van der Waals surface area (Å²) in [6, 6.07) is 11.5. The molecule has 1 aliphatic heterocycles. The Kier molecular flexibility index (Phi) is 2.25. The first-order chi connectivity index (χ1) is 8.29. The van der Waals surface area contributed by atoms with Gasteiger partial charge in [0.05, 0.1) is 0 Å². The lowest BCUT2D eigenvalue weighted by atomic mass is 10.0. The minimum Gasteiger partial charge on any atom is -0.454 e. The van der Waals surface area contributed by atoms with Crippen LogP contribution in [0.25, 0.3) is 10.8 Å². The molecule has 3 heteroatoms. The highest BCUT2D eigenvalue weighted by Gasteiger charge is 2.28. The zero-order valence-corrected chi connectivity index (χ0v) is 9.47. The summed E-state index contributed by atoms with van der Waals surface area (Å²) in [5, 5.41) is 1.89. The van der Waals surface area contributed by atoms with Crippen molar-refractivity contribution in [1.29, 1.82) is 0 Å². The molecule has 0 saturated heterocycles. The van der Waals surface area contributed by atoms with Crippen molar-refractivity contribution >= 4 is 16.7 Å². The van der Waals surface area contributed by atoms with Crippen LogP contribution in [0, 0.1) is 0 Å². The molecule has 0 bridgehead atoms. The average Bonchev–Trinajstić information content (AvgIpc) is 2.37. The van der Waals surface area contributed by atoms with E-state index < -0.39 is 6.29 Å². The van der Waals surface area contributed by atoms with Crippen molar-refractivity contribution in [2.45, 2.75) is 19.6 Å². The summed E-state index contributed by atoms with van der Waals surface area (Å²) in [7, 11) is 0. The Labute approximate surface area is 99.0 Å². The number of hydrogen-bond acceptors (Lipinski definition) is 3. The molecule has 17 heavy (non-hydrogen) atoms. The SMILES string of the molecule is CCC1OC(=O)c2c(ccc3ccccc23)O1. The third-order valence-electron chi connectivity index (χ3n) is 2.93. The van der Waals surface area contributed by atoms with Crippen molar-refractivity contribution in [2.24, 2.45) is 0 Å². The lowest BCUT2D eigenvalue weighted by Crippen LogP contribution is -2.29. The molecule has 1 heterocycles. The molecule has 3 rings (SSSR count). The van der Waals surface area contributed by atoms with Gasteiger partial charge in [-0.05, 0) is 16.8 Å². The van der Waals surface area contributed by atoms with Gasteiger partial charge >= 0.3 is 5.97 Å². The molecule has 2 aromatic rings. The highest BCUT2D eigenvalue weighted by molar-refractivity contribution is 6.07. The van der Waals surface area contributed by atoms with Crippen molar-refractivity contribution < 1.29 is 14.3 Å². The molecule has 0 aromatic heterocycles. The molecule has 86 valence electrons. The van der Waals surface area contributed by atoms with Crippen LogP contribution in [0.1, 0.15) is 23.7 Å². The van der Waals surface area contributed by atoms with Gasteiger partial charge in [0, 0.05) is 6.42 Å². The fourth-order valence-electron chi connectivity index (χ4n) is 2.07. The van der Waals surface area contributed by atoms with Crippen LogP contribution in [0.5, 0.6) is 5.75 Å². The van der Waals surface area contributed by atoms with Crippen molar-refractivity contribution in [3.05, 3.63) is 42.0 Å². The minimum atomic E-state index is -0.462. The van der Waals surface area contributed by atoms with Gasteiger partial charge < -0.3 is 9.47 Å². The van der Waals surface area contributed by atoms with E-state index in [0.717, 1.165) is 10.8 Å². The smallest absolute Gasteiger partial charge is 0.345 e. The zero-order valence-electron chi connectivity index (χ0n) is 9.47. The number of carbonyl (C=O) groups is 1. The maximum Gasteiger partial charge on any atom is 0.345 e. The fourth-order valence-corrected chi connectivity index (χ4v) is 2.07. The van der Waals surface area contributed by atoms with Gasteiger partial charge in [-0.2, -0.15) is 0 Å². The van der Waals surface area contributed by atoms with Crippen LogP contribution < -0.4 is 4.74 Å². The van der Waals surface area contributed by atoms with E-state index in [1.54, 1.807) is 0 Å². The first-order valence-electron chi connectivity index (χ1n) is 5.69. The second-order valence-electron chi connectivity index (χ2n) is 4.02. The molecule has 1 atom stereocenters. The second-order valence-corrected chi connectivity index (χ2v) is 4.02. The first-order valence-corrected chi connectivity index (χ1v) is 5.69. The van der Waals surface area contributed by atoms with E-state index in [0.29, 0.717) is 17.7 Å². The average molecular weight is 228 g/mol. The highest BCUT2D eigenvalue weighted by atomic mass is 16.7. The van der Waals surface area contributed by atoms with Gasteiger partial charge in [0.2, 0.25) is 6.29 Å². The molecule has 2 aromatic carbocycles. The third-order valence-corrected chi connectivity index (χ3v) is 2.93. The van der Waals surface area contributed by atoms with E-state index in [9.17, 15) is 4.79 Å². The normalized spacial score (nSPS) is 18.4. The Morgan fingerprint density at radius 2 is 1.94 bits per heavy atom. The van der Waals surface area contributed by atoms with Crippen LogP contribution >= 0.6 is 0 Å². The van der Waals surface area contributed by atoms with Crippen LogP contribution in [0.15, 0.2) is 36.4 Å². The summed E-state index contributed by atoms with van der Waals surface area (Å²) in [4.78, 5) is 12.0. The van der Waals surface area contributed by atoms with Crippen LogP contribution in [-0.4, -0.2) is 12.3 Å². The Morgan fingerprint density at radius 3 is 2.76 bits per heavy atom. The number of rotatable bonds is 1. The molecule has 0 aliphatic carbocycles. The topological polar surface area (TPSA) is 35.5 Å². The number of esters is 1. The van der Waals surface area contributed by atoms with E-state index in [1.807, 2.05) is 43.3 Å². The Hall–Kier alpha value is -2.03. The molecule has 0 saturated carbocycles. The van der Waals surface area contributed by atoms with Crippen molar-refractivity contribution in [2.75, 3.05) is 0 Å². The predicted molar refractivity (Wildman–Crippen MR) is 64.1 cm³/mol. The molecule has 0 N–H and O–H groups in total. The van der Waals surface area contributed by atoms with Crippen LogP contribution in [-0.2, 0) is 4.74 Å². The summed E-state index contributed by atoms with van der Waals surface area (Å²) < 4.78 is 10.8. The van der Waals surface area contributed by atoms with E-state index in [-0.39, 0.29) is 5.97 Å². The van der Waals surface area contributed by atoms with Crippen molar-refractivity contribution in [3.63, 3.8) is 0 Å². The van der Waals surface area contributed by atoms with E-state index >= 15 is 0 Å². The first kappa shape index (κ1) is 10.1. The van der Waals surface area contributed by atoms with Gasteiger partial charge in [0.15, 0.2) is 0 Å². The lowest BCUT2D eigenvalue weighted by Gasteiger charge is -2.25. The molecule has 1 aliphatic rings. The highest BCUT2D eigenvalue weighted by Crippen LogP contribution is 2.33. The van der Waals surface area contributed by atoms with Gasteiger partial charge in [0.25, 0.3) is 0 Å². The number of benzene rings is 2. The molecular weight excluding hydrogens is 216 g/mol. The monoisotopic (exact) mass is 228 g/mol. The molecular formula is C14H12O3. The van der Waals surface area contributed by atoms with Crippen molar-refractivity contribution in [3.8, 4) is 5.75 Å². The summed E-state index contributed by atoms with van der Waals surface area (Å²) in [6.07, 6.45) is 0.189. The van der Waals surface area contributed by atoms with Gasteiger partial charge in [-0.15, -0.1) is 0 Å². The maximum atomic E-state index is 12.0. The van der Waals surface area contributed by atoms with E-state index in [2.05, 4.69) is 0 Å². The van der Waals surface area contributed by atoms with Gasteiger partial charge in [0.1, 0.15) is 11.3 Å². The second kappa shape index (κ2) is 3.77. The van der Waals surface area contributed by atoms with Crippen LogP contribution in [0.2, 0.25) is 0 Å². The van der Waals surface area contributed by atoms with E-state index in [4.69, 9.17) is 9.47 Å². The molecule has 0 amide bonds. The lowest BCUT2D eigenvalue weighted by molar-refractivity contribution is -0.0607. The molecule has 0 fully saturated rings. The van der Waals surface area contributed by atoms with Gasteiger partial charge in [-0.3, -0.25) is 0 Å². The Bertz CT molecular complexity index is 589. The Morgan fingerprint density at radius 1 is 1.12 bits per heavy atom. The number of cyclic esters (lactones) is 1. The summed E-state index contributed by atoms with van der Waals surface area (Å²) in [6.45, 7) is 1.92. The van der Waals surface area contributed by atoms with E-state index in [1.165, 1.54) is 0 Å². The Balaban J connectivity index is 2.23. The number of fused-ring (bicyclic) bond motifs is 3. The van der Waals surface area contributed by atoms with Gasteiger partial charge in [-0.25, -0.2) is 4.79 Å². The summed E-state index contributed by atoms with van der Waals surface area (Å²) >= 11 is 0. The maximum absolute atomic E-state index is 12.0. The molecule has 3 nitrogen and oxygen atoms in total. The molecule has 1 unspecified atom stereocenters. The van der Waals surface area contributed by atoms with Gasteiger partial charge in [-0.1, -0.05) is 37.3 Å². The standard InChI is InChI=1S/C14H12O3/c1-2-12-16-11-8-7-9-5-3-4-6-10(9)13(11)14(15)17-12/h3-8,12H,2H2,1H3. The van der Waals surface area contributed by atoms with Crippen molar-refractivity contribution in [1.82, 2.24) is 0 Å². The number of ether oxygens (including phenoxy) is 2. The summed E-state index contributed by atoms with van der Waals surface area (Å²) in [5.74, 6) is 0.321. The number of carbonyl (C=O) groups excluding carboxylic acids is 1. The molecule has 0 spiro atoms. The summed E-state index contributed by atoms with van der Waals surface area (Å²) in [5.41, 5.74) is 0.535.